The van der Waals surface area contributed by atoms with Gasteiger partial charge in [-0.2, -0.15) is 4.31 Å². The number of amides is 1. The molecular weight excluding hydrogens is 542 g/mol. The van der Waals surface area contributed by atoms with Gasteiger partial charge in [0.25, 0.3) is 0 Å². The van der Waals surface area contributed by atoms with E-state index in [1.807, 2.05) is 0 Å². The van der Waals surface area contributed by atoms with Crippen LogP contribution < -0.4 is 5.32 Å². The Hall–Kier alpha value is -2.85. The third kappa shape index (κ3) is 8.07. The largest absolute Gasteiger partial charge is 0.505 e. The number of aromatic hydroxyl groups is 1. The number of carbonyl (C=O) groups excluding carboxylic acids is 1. The first-order chi connectivity index (χ1) is 17.2. The number of hydrogen-bond donors (Lipinski definition) is 2. The van der Waals surface area contributed by atoms with E-state index in [1.54, 1.807) is 45.0 Å². The van der Waals surface area contributed by atoms with Crippen LogP contribution >= 0.6 is 23.2 Å². The second kappa shape index (κ2) is 11.7. The van der Waals surface area contributed by atoms with E-state index in [2.05, 4.69) is 5.32 Å². The van der Waals surface area contributed by atoms with Crippen molar-refractivity contribution in [2.24, 2.45) is 0 Å². The van der Waals surface area contributed by atoms with Gasteiger partial charge >= 0.3 is 6.09 Å². The van der Waals surface area contributed by atoms with E-state index in [1.165, 1.54) is 30.3 Å². The maximum Gasteiger partial charge on any atom is 0.407 e. The van der Waals surface area contributed by atoms with Gasteiger partial charge in [0.1, 0.15) is 16.3 Å². The molecule has 3 aromatic rings. The third-order valence-electron chi connectivity index (χ3n) is 5.07. The molecule has 0 radical (unpaired) electrons. The van der Waals surface area contributed by atoms with Crippen molar-refractivity contribution in [3.05, 3.63) is 93.2 Å². The van der Waals surface area contributed by atoms with E-state index in [4.69, 9.17) is 27.9 Å². The SMILES string of the molecule is CC(C)(C)OC(=O)NCc1cccc(CN(Cc2ccc(F)cc2)S(=O)(=O)c2cc(Cl)cc(Cl)c2O)c1. The molecule has 0 aliphatic heterocycles. The van der Waals surface area contributed by atoms with Crippen LogP contribution in [0.5, 0.6) is 5.75 Å². The standard InChI is InChI=1S/C26H27Cl2FN2O5S/c1-26(2,3)36-25(33)30-14-18-5-4-6-19(11-18)16-31(15-17-7-9-21(29)10-8-17)37(34,35)23-13-20(27)12-22(28)24(23)32/h4-13,32H,14-16H2,1-3H3,(H,30,33). The summed E-state index contributed by atoms with van der Waals surface area (Å²) in [5.74, 6) is -1.08. The predicted molar refractivity (Wildman–Crippen MR) is 140 cm³/mol. The Labute approximate surface area is 225 Å². The molecule has 0 aromatic heterocycles. The zero-order valence-corrected chi connectivity index (χ0v) is 22.8. The predicted octanol–water partition coefficient (Wildman–Crippen LogP) is 6.25. The lowest BCUT2D eigenvalue weighted by atomic mass is 10.1. The summed E-state index contributed by atoms with van der Waals surface area (Å²) in [4.78, 5) is 11.6. The fraction of sp³-hybridized carbons (Fsp3) is 0.269. The minimum absolute atomic E-state index is 0.0401. The maximum absolute atomic E-state index is 13.7. The highest BCUT2D eigenvalue weighted by Gasteiger charge is 2.29. The number of rotatable bonds is 8. The van der Waals surface area contributed by atoms with Crippen molar-refractivity contribution in [3.8, 4) is 5.75 Å². The molecule has 0 heterocycles. The molecule has 0 unspecified atom stereocenters. The molecule has 0 saturated heterocycles. The number of ether oxygens (including phenoxy) is 1. The summed E-state index contributed by atoms with van der Waals surface area (Å²) in [6.45, 7) is 5.23. The van der Waals surface area contributed by atoms with Gasteiger partial charge in [-0.3, -0.25) is 0 Å². The second-order valence-corrected chi connectivity index (χ2v) is 12.1. The number of alkyl carbamates (subject to hydrolysis) is 1. The van der Waals surface area contributed by atoms with Crippen LogP contribution in [0.1, 0.15) is 37.5 Å². The molecule has 3 aromatic carbocycles. The van der Waals surface area contributed by atoms with Crippen LogP contribution in [-0.4, -0.2) is 29.5 Å². The smallest absolute Gasteiger partial charge is 0.407 e. The van der Waals surface area contributed by atoms with Gasteiger partial charge in [0, 0.05) is 24.7 Å². The molecule has 0 fully saturated rings. The molecule has 0 saturated carbocycles. The molecule has 7 nitrogen and oxygen atoms in total. The highest BCUT2D eigenvalue weighted by Crippen LogP contribution is 2.36. The van der Waals surface area contributed by atoms with Gasteiger partial charge in [-0.15, -0.1) is 0 Å². The first-order valence-corrected chi connectivity index (χ1v) is 13.4. The first kappa shape index (κ1) is 28.7. The number of nitrogens with one attached hydrogen (secondary N) is 1. The molecule has 198 valence electrons. The van der Waals surface area contributed by atoms with Crippen LogP contribution in [0.25, 0.3) is 0 Å². The summed E-state index contributed by atoms with van der Waals surface area (Å²) in [5.41, 5.74) is 1.22. The Kier molecular flexibility index (Phi) is 9.07. The van der Waals surface area contributed by atoms with Crippen molar-refractivity contribution < 1.29 is 27.4 Å². The van der Waals surface area contributed by atoms with E-state index in [0.717, 1.165) is 15.9 Å². The highest BCUT2D eigenvalue weighted by atomic mass is 35.5. The van der Waals surface area contributed by atoms with Crippen molar-refractivity contribution in [1.29, 1.82) is 0 Å². The van der Waals surface area contributed by atoms with Gasteiger partial charge in [0.2, 0.25) is 10.0 Å². The Balaban J connectivity index is 1.91. The summed E-state index contributed by atoms with van der Waals surface area (Å²) in [6.07, 6.45) is -0.577. The maximum atomic E-state index is 13.7. The molecule has 1 amide bonds. The molecule has 3 rings (SSSR count). The summed E-state index contributed by atoms with van der Waals surface area (Å²) in [5, 5.41) is 12.9. The lowest BCUT2D eigenvalue weighted by molar-refractivity contribution is 0.0523. The monoisotopic (exact) mass is 568 g/mol. The highest BCUT2D eigenvalue weighted by molar-refractivity contribution is 7.89. The molecular formula is C26H27Cl2FN2O5S. The number of benzene rings is 3. The average Bonchev–Trinajstić information content (AvgIpc) is 2.80. The van der Waals surface area contributed by atoms with Gasteiger partial charge in [-0.25, -0.2) is 17.6 Å². The van der Waals surface area contributed by atoms with Gasteiger partial charge < -0.3 is 15.2 Å². The fourth-order valence-electron chi connectivity index (χ4n) is 3.43. The Morgan fingerprint density at radius 2 is 1.62 bits per heavy atom. The fourth-order valence-corrected chi connectivity index (χ4v) is 5.59. The summed E-state index contributed by atoms with van der Waals surface area (Å²) >= 11 is 12.0. The Morgan fingerprint density at radius 3 is 2.27 bits per heavy atom. The summed E-state index contributed by atoms with van der Waals surface area (Å²) < 4.78 is 47.1. The van der Waals surface area contributed by atoms with Gasteiger partial charge in [-0.05, 0) is 61.7 Å². The van der Waals surface area contributed by atoms with Crippen LogP contribution in [0.15, 0.2) is 65.6 Å². The van der Waals surface area contributed by atoms with E-state index in [-0.39, 0.29) is 29.7 Å². The second-order valence-electron chi connectivity index (χ2n) is 9.31. The van der Waals surface area contributed by atoms with Crippen molar-refractivity contribution in [2.75, 3.05) is 0 Å². The minimum Gasteiger partial charge on any atom is -0.505 e. The average molecular weight is 569 g/mol. The summed E-state index contributed by atoms with van der Waals surface area (Å²) in [7, 11) is -4.31. The normalized spacial score (nSPS) is 12.0. The molecule has 0 aliphatic rings. The van der Waals surface area contributed by atoms with Crippen LogP contribution in [0.3, 0.4) is 0 Å². The van der Waals surface area contributed by atoms with Gasteiger partial charge in [0.15, 0.2) is 5.75 Å². The third-order valence-corrected chi connectivity index (χ3v) is 7.38. The van der Waals surface area contributed by atoms with Crippen molar-refractivity contribution in [1.82, 2.24) is 9.62 Å². The summed E-state index contributed by atoms with van der Waals surface area (Å²) in [6, 6.07) is 14.8. The Morgan fingerprint density at radius 1 is 1.00 bits per heavy atom. The van der Waals surface area contributed by atoms with E-state index in [9.17, 15) is 22.7 Å². The molecule has 0 bridgehead atoms. The van der Waals surface area contributed by atoms with Crippen LogP contribution in [0.4, 0.5) is 9.18 Å². The van der Waals surface area contributed by atoms with E-state index >= 15 is 0 Å². The number of hydrogen-bond acceptors (Lipinski definition) is 5. The number of nitrogens with zero attached hydrogens (tertiary/aromatic N) is 1. The number of sulfonamides is 1. The molecule has 0 atom stereocenters. The number of phenolic OH excluding ortho intramolecular Hbond substituents is 1. The minimum atomic E-state index is -4.31. The van der Waals surface area contributed by atoms with E-state index < -0.39 is 38.2 Å². The number of phenols is 1. The van der Waals surface area contributed by atoms with Gasteiger partial charge in [-0.1, -0.05) is 59.6 Å². The lowest BCUT2D eigenvalue weighted by Crippen LogP contribution is -2.32. The molecule has 37 heavy (non-hydrogen) atoms. The molecule has 0 spiro atoms. The van der Waals surface area contributed by atoms with E-state index in [0.29, 0.717) is 11.1 Å². The van der Waals surface area contributed by atoms with Crippen molar-refractivity contribution in [2.45, 2.75) is 50.9 Å². The lowest BCUT2D eigenvalue weighted by Gasteiger charge is -2.24. The molecule has 11 heteroatoms. The van der Waals surface area contributed by atoms with Crippen LogP contribution in [0.2, 0.25) is 10.0 Å². The molecule has 0 aliphatic carbocycles. The Bertz CT molecular complexity index is 1380. The zero-order valence-electron chi connectivity index (χ0n) is 20.5. The first-order valence-electron chi connectivity index (χ1n) is 11.2. The zero-order chi connectivity index (χ0) is 27.4. The van der Waals surface area contributed by atoms with Crippen LogP contribution in [0, 0.1) is 5.82 Å². The van der Waals surface area contributed by atoms with Gasteiger partial charge in [0.05, 0.1) is 5.02 Å². The number of halogens is 3. The van der Waals surface area contributed by atoms with Crippen LogP contribution in [-0.2, 0) is 34.4 Å². The molecule has 2 N–H and O–H groups in total. The topological polar surface area (TPSA) is 95.9 Å². The van der Waals surface area contributed by atoms with Crippen molar-refractivity contribution >= 4 is 39.3 Å². The quantitative estimate of drug-likeness (QED) is 0.334. The number of carbonyl (C=O) groups is 1. The van der Waals surface area contributed by atoms with Crippen molar-refractivity contribution in [3.63, 3.8) is 0 Å².